The van der Waals surface area contributed by atoms with E-state index < -0.39 is 0 Å². The second-order valence-electron chi connectivity index (χ2n) is 4.51. The Morgan fingerprint density at radius 3 is 2.65 bits per heavy atom. The van der Waals surface area contributed by atoms with Crippen molar-refractivity contribution in [3.8, 4) is 0 Å². The summed E-state index contributed by atoms with van der Waals surface area (Å²) < 4.78 is 3.68. The normalized spacial score (nSPS) is 13.2. The third kappa shape index (κ3) is 2.71. The van der Waals surface area contributed by atoms with Crippen molar-refractivity contribution >= 4 is 0 Å². The van der Waals surface area contributed by atoms with Crippen LogP contribution in [0.4, 0.5) is 0 Å². The number of hydrogen-bond acceptors (Lipinski definition) is 4. The molecule has 0 aliphatic heterocycles. The first-order valence-electron chi connectivity index (χ1n) is 5.76. The Morgan fingerprint density at radius 1 is 1.35 bits per heavy atom. The van der Waals surface area contributed by atoms with E-state index in [9.17, 15) is 0 Å². The first-order valence-corrected chi connectivity index (χ1v) is 5.76. The fourth-order valence-electron chi connectivity index (χ4n) is 1.51. The Kier molecular flexibility index (Phi) is 3.23. The van der Waals surface area contributed by atoms with Crippen molar-refractivity contribution in [2.24, 2.45) is 5.73 Å². The molecule has 0 fully saturated rings. The molecule has 2 N–H and O–H groups in total. The Labute approximate surface area is 100 Å². The average molecular weight is 234 g/mol. The first kappa shape index (κ1) is 11.8. The van der Waals surface area contributed by atoms with Crippen LogP contribution in [-0.4, -0.2) is 24.8 Å². The van der Waals surface area contributed by atoms with Gasteiger partial charge in [0.25, 0.3) is 0 Å². The van der Waals surface area contributed by atoms with E-state index in [-0.39, 0.29) is 6.04 Å². The van der Waals surface area contributed by atoms with Crippen molar-refractivity contribution in [2.75, 3.05) is 0 Å². The number of rotatable bonds is 4. The van der Waals surface area contributed by atoms with Crippen molar-refractivity contribution in [1.29, 1.82) is 0 Å². The topological polar surface area (TPSA) is 74.5 Å². The molecular weight excluding hydrogens is 216 g/mol. The molecule has 0 bridgehead atoms. The van der Waals surface area contributed by atoms with Crippen LogP contribution in [0.15, 0.2) is 18.5 Å². The molecule has 6 heteroatoms. The summed E-state index contributed by atoms with van der Waals surface area (Å²) in [7, 11) is 0. The highest BCUT2D eigenvalue weighted by molar-refractivity contribution is 5.03. The minimum absolute atomic E-state index is 0.0861. The maximum absolute atomic E-state index is 5.73. The van der Waals surface area contributed by atoms with Gasteiger partial charge in [-0.1, -0.05) is 5.21 Å². The summed E-state index contributed by atoms with van der Waals surface area (Å²) in [4.78, 5) is 0. The highest BCUT2D eigenvalue weighted by atomic mass is 15.4. The maximum Gasteiger partial charge on any atom is 0.0991 e. The van der Waals surface area contributed by atoms with Gasteiger partial charge < -0.3 is 5.73 Å². The molecule has 0 aliphatic rings. The standard InChI is InChI=1S/C11H18N6/c1-8(2)17-5-4-10(14-17)6-16-7-11(9(3)12)13-15-16/h4-5,7-9H,6,12H2,1-3H3. The van der Waals surface area contributed by atoms with Crippen LogP contribution in [-0.2, 0) is 6.54 Å². The molecule has 0 radical (unpaired) electrons. The highest BCUT2D eigenvalue weighted by Gasteiger charge is 2.07. The molecule has 0 aromatic carbocycles. The van der Waals surface area contributed by atoms with Gasteiger partial charge in [0.1, 0.15) is 0 Å². The van der Waals surface area contributed by atoms with Crippen molar-refractivity contribution in [2.45, 2.75) is 39.4 Å². The molecule has 1 atom stereocenters. The second-order valence-corrected chi connectivity index (χ2v) is 4.51. The molecule has 17 heavy (non-hydrogen) atoms. The van der Waals surface area contributed by atoms with Gasteiger partial charge in [0, 0.05) is 18.3 Å². The fraction of sp³-hybridized carbons (Fsp3) is 0.545. The highest BCUT2D eigenvalue weighted by Crippen LogP contribution is 2.07. The van der Waals surface area contributed by atoms with E-state index in [2.05, 4.69) is 29.3 Å². The van der Waals surface area contributed by atoms with E-state index in [1.165, 1.54) is 0 Å². The SMILES string of the molecule is CC(N)c1cn(Cc2ccn(C(C)C)n2)nn1. The lowest BCUT2D eigenvalue weighted by Gasteiger charge is -2.03. The smallest absolute Gasteiger partial charge is 0.0991 e. The summed E-state index contributed by atoms with van der Waals surface area (Å²) in [5.74, 6) is 0. The van der Waals surface area contributed by atoms with Crippen LogP contribution in [0.2, 0.25) is 0 Å². The summed E-state index contributed by atoms with van der Waals surface area (Å²) in [5.41, 5.74) is 7.50. The molecule has 0 amide bonds. The van der Waals surface area contributed by atoms with E-state index in [4.69, 9.17) is 5.73 Å². The molecule has 2 aromatic rings. The molecule has 0 aliphatic carbocycles. The molecule has 0 spiro atoms. The molecule has 2 aromatic heterocycles. The Bertz CT molecular complexity index is 437. The van der Waals surface area contributed by atoms with Gasteiger partial charge in [-0.2, -0.15) is 5.10 Å². The molecule has 1 unspecified atom stereocenters. The zero-order valence-electron chi connectivity index (χ0n) is 10.4. The maximum atomic E-state index is 5.73. The van der Waals surface area contributed by atoms with Gasteiger partial charge in [0.2, 0.25) is 0 Å². The average Bonchev–Trinajstić information content (AvgIpc) is 2.87. The fourth-order valence-corrected chi connectivity index (χ4v) is 1.51. The molecule has 0 saturated carbocycles. The van der Waals surface area contributed by atoms with Gasteiger partial charge in [0.05, 0.1) is 24.1 Å². The molecule has 2 rings (SSSR count). The molecule has 2 heterocycles. The van der Waals surface area contributed by atoms with E-state index >= 15 is 0 Å². The summed E-state index contributed by atoms with van der Waals surface area (Å²) in [6.07, 6.45) is 3.84. The van der Waals surface area contributed by atoms with E-state index in [1.54, 1.807) is 4.68 Å². The zero-order valence-corrected chi connectivity index (χ0v) is 10.4. The van der Waals surface area contributed by atoms with Crippen molar-refractivity contribution < 1.29 is 0 Å². The van der Waals surface area contributed by atoms with Crippen molar-refractivity contribution in [3.05, 3.63) is 29.8 Å². The van der Waals surface area contributed by atoms with Crippen molar-refractivity contribution in [1.82, 2.24) is 24.8 Å². The summed E-state index contributed by atoms with van der Waals surface area (Å²) in [5, 5.41) is 12.5. The number of nitrogens with two attached hydrogens (primary N) is 1. The molecular formula is C11H18N6. The summed E-state index contributed by atoms with van der Waals surface area (Å²) in [6.45, 7) is 6.71. The van der Waals surface area contributed by atoms with Crippen LogP contribution in [0.3, 0.4) is 0 Å². The quantitative estimate of drug-likeness (QED) is 0.860. The molecule has 92 valence electrons. The number of aromatic nitrogens is 5. The number of nitrogens with zero attached hydrogens (tertiary/aromatic N) is 5. The van der Waals surface area contributed by atoms with E-state index in [0.29, 0.717) is 12.6 Å². The predicted octanol–water partition coefficient (Wildman–Crippen LogP) is 1.12. The summed E-state index contributed by atoms with van der Waals surface area (Å²) in [6, 6.07) is 2.28. The Balaban J connectivity index is 2.08. The van der Waals surface area contributed by atoms with Crippen molar-refractivity contribution in [3.63, 3.8) is 0 Å². The Hall–Kier alpha value is -1.69. The van der Waals surface area contributed by atoms with E-state index in [1.807, 2.05) is 30.1 Å². The number of hydrogen-bond donors (Lipinski definition) is 1. The van der Waals surface area contributed by atoms with Crippen LogP contribution in [0.25, 0.3) is 0 Å². The van der Waals surface area contributed by atoms with Crippen LogP contribution < -0.4 is 5.73 Å². The second kappa shape index (κ2) is 4.67. The van der Waals surface area contributed by atoms with Gasteiger partial charge in [-0.15, -0.1) is 5.10 Å². The largest absolute Gasteiger partial charge is 0.323 e. The van der Waals surface area contributed by atoms with Crippen LogP contribution in [0.1, 0.15) is 44.2 Å². The minimum Gasteiger partial charge on any atom is -0.323 e. The monoisotopic (exact) mass is 234 g/mol. The van der Waals surface area contributed by atoms with Gasteiger partial charge in [0.15, 0.2) is 0 Å². The lowest BCUT2D eigenvalue weighted by molar-refractivity contribution is 0.519. The van der Waals surface area contributed by atoms with Gasteiger partial charge in [-0.25, -0.2) is 4.68 Å². The zero-order chi connectivity index (χ0) is 12.4. The Morgan fingerprint density at radius 2 is 2.12 bits per heavy atom. The van der Waals surface area contributed by atoms with Crippen LogP contribution >= 0.6 is 0 Å². The molecule has 0 saturated heterocycles. The predicted molar refractivity (Wildman–Crippen MR) is 64.3 cm³/mol. The lowest BCUT2D eigenvalue weighted by atomic mass is 10.3. The van der Waals surface area contributed by atoms with Gasteiger partial charge in [-0.05, 0) is 26.8 Å². The van der Waals surface area contributed by atoms with Gasteiger partial charge >= 0.3 is 0 Å². The lowest BCUT2D eigenvalue weighted by Crippen LogP contribution is -2.06. The van der Waals surface area contributed by atoms with Gasteiger partial charge in [-0.3, -0.25) is 4.68 Å². The van der Waals surface area contributed by atoms with Crippen LogP contribution in [0, 0.1) is 0 Å². The minimum atomic E-state index is -0.0861. The summed E-state index contributed by atoms with van der Waals surface area (Å²) >= 11 is 0. The molecule has 6 nitrogen and oxygen atoms in total. The third-order valence-electron chi connectivity index (χ3n) is 2.54. The first-order chi connectivity index (χ1) is 8.06. The third-order valence-corrected chi connectivity index (χ3v) is 2.54. The van der Waals surface area contributed by atoms with E-state index in [0.717, 1.165) is 11.4 Å². The van der Waals surface area contributed by atoms with Crippen LogP contribution in [0.5, 0.6) is 0 Å².